The predicted molar refractivity (Wildman–Crippen MR) is 124 cm³/mol. The third-order valence-corrected chi connectivity index (χ3v) is 4.78. The Labute approximate surface area is 191 Å². The number of ether oxygens (including phenoxy) is 3. The van der Waals surface area contributed by atoms with Crippen LogP contribution in [0.1, 0.15) is 21.5 Å². The smallest absolute Gasteiger partial charge is 0.331 e. The molecule has 1 amide bonds. The molecule has 7 heteroatoms. The molecule has 164 valence electrons. The predicted octanol–water partition coefficient (Wildman–Crippen LogP) is 5.37. The number of anilines is 1. The van der Waals surface area contributed by atoms with Gasteiger partial charge in [0.05, 0.1) is 19.2 Å². The first kappa shape index (κ1) is 22.9. The molecule has 3 rings (SSSR count). The van der Waals surface area contributed by atoms with Crippen molar-refractivity contribution in [1.82, 2.24) is 0 Å². The maximum Gasteiger partial charge on any atom is 0.331 e. The minimum Gasteiger partial charge on any atom is -0.493 e. The Morgan fingerprint density at radius 3 is 2.34 bits per heavy atom. The quantitative estimate of drug-likeness (QED) is 0.368. The maximum atomic E-state index is 12.3. The number of methoxy groups -OCH3 is 2. The summed E-state index contributed by atoms with van der Waals surface area (Å²) in [5.74, 6) is 0.164. The van der Waals surface area contributed by atoms with Crippen LogP contribution in [-0.2, 0) is 16.1 Å². The van der Waals surface area contributed by atoms with Crippen molar-refractivity contribution in [3.8, 4) is 11.5 Å². The summed E-state index contributed by atoms with van der Waals surface area (Å²) in [6.07, 6.45) is 2.88. The summed E-state index contributed by atoms with van der Waals surface area (Å²) < 4.78 is 15.7. The summed E-state index contributed by atoms with van der Waals surface area (Å²) >= 11 is 6.17. The molecular formula is C25H22ClNO5. The van der Waals surface area contributed by atoms with Crippen LogP contribution in [0.3, 0.4) is 0 Å². The fourth-order valence-corrected chi connectivity index (χ4v) is 3.17. The highest BCUT2D eigenvalue weighted by atomic mass is 35.5. The Morgan fingerprint density at radius 2 is 1.69 bits per heavy atom. The summed E-state index contributed by atoms with van der Waals surface area (Å²) in [7, 11) is 3.01. The van der Waals surface area contributed by atoms with E-state index in [-0.39, 0.29) is 12.5 Å². The molecule has 0 aliphatic heterocycles. The van der Waals surface area contributed by atoms with Gasteiger partial charge < -0.3 is 19.5 Å². The van der Waals surface area contributed by atoms with E-state index >= 15 is 0 Å². The van der Waals surface area contributed by atoms with Gasteiger partial charge in [-0.2, -0.15) is 0 Å². The summed E-state index contributed by atoms with van der Waals surface area (Å²) in [5, 5.41) is 3.19. The Bertz CT molecular complexity index is 1110. The van der Waals surface area contributed by atoms with E-state index in [0.717, 1.165) is 11.3 Å². The molecule has 0 aliphatic rings. The maximum absolute atomic E-state index is 12.3. The van der Waals surface area contributed by atoms with Gasteiger partial charge >= 0.3 is 5.97 Å². The van der Waals surface area contributed by atoms with Crippen molar-refractivity contribution < 1.29 is 23.8 Å². The molecule has 0 atom stereocenters. The number of hydrogen-bond donors (Lipinski definition) is 1. The first-order valence-corrected chi connectivity index (χ1v) is 10.1. The molecule has 0 bridgehead atoms. The van der Waals surface area contributed by atoms with Crippen LogP contribution < -0.4 is 14.8 Å². The Morgan fingerprint density at radius 1 is 0.969 bits per heavy atom. The van der Waals surface area contributed by atoms with Crippen molar-refractivity contribution in [2.75, 3.05) is 19.5 Å². The number of para-hydroxylation sites is 1. The minimum absolute atomic E-state index is 0.0798. The second-order valence-corrected chi connectivity index (χ2v) is 7.10. The van der Waals surface area contributed by atoms with E-state index in [4.69, 9.17) is 25.8 Å². The molecule has 32 heavy (non-hydrogen) atoms. The van der Waals surface area contributed by atoms with Crippen LogP contribution in [0.25, 0.3) is 6.08 Å². The van der Waals surface area contributed by atoms with Gasteiger partial charge in [0.25, 0.3) is 5.91 Å². The second-order valence-electron chi connectivity index (χ2n) is 6.70. The van der Waals surface area contributed by atoms with E-state index in [0.29, 0.717) is 27.6 Å². The normalized spacial score (nSPS) is 10.6. The molecule has 1 N–H and O–H groups in total. The van der Waals surface area contributed by atoms with E-state index in [1.807, 2.05) is 30.3 Å². The molecule has 3 aromatic carbocycles. The minimum atomic E-state index is -0.512. The van der Waals surface area contributed by atoms with Crippen LogP contribution >= 0.6 is 11.6 Å². The van der Waals surface area contributed by atoms with Crippen LogP contribution in [0.5, 0.6) is 11.5 Å². The molecule has 0 fully saturated rings. The lowest BCUT2D eigenvalue weighted by atomic mass is 10.1. The van der Waals surface area contributed by atoms with Crippen molar-refractivity contribution in [2.24, 2.45) is 0 Å². The van der Waals surface area contributed by atoms with Gasteiger partial charge in [0.15, 0.2) is 11.5 Å². The first-order valence-electron chi connectivity index (χ1n) is 9.72. The fourth-order valence-electron chi connectivity index (χ4n) is 2.88. The van der Waals surface area contributed by atoms with E-state index in [1.165, 1.54) is 20.3 Å². The molecule has 0 aromatic heterocycles. The van der Waals surface area contributed by atoms with Gasteiger partial charge in [0.2, 0.25) is 0 Å². The summed E-state index contributed by atoms with van der Waals surface area (Å²) in [6.45, 7) is 0.0798. The SMILES string of the molecule is COc1cc(/C=C/C(=O)OCc2ccc(C(=O)Nc3ccccc3)cc2)cc(Cl)c1OC. The molecule has 0 unspecified atom stereocenters. The van der Waals surface area contributed by atoms with Crippen molar-refractivity contribution in [2.45, 2.75) is 6.61 Å². The second kappa shape index (κ2) is 11.0. The molecule has 0 heterocycles. The molecule has 0 saturated carbocycles. The van der Waals surface area contributed by atoms with Crippen molar-refractivity contribution in [3.63, 3.8) is 0 Å². The Hall–Kier alpha value is -3.77. The lowest BCUT2D eigenvalue weighted by molar-refractivity contribution is -0.138. The molecular weight excluding hydrogens is 430 g/mol. The Balaban J connectivity index is 1.55. The van der Waals surface area contributed by atoms with Crippen LogP contribution in [0.15, 0.2) is 72.8 Å². The van der Waals surface area contributed by atoms with Crippen LogP contribution in [0.4, 0.5) is 5.69 Å². The van der Waals surface area contributed by atoms with Gasteiger partial charge in [-0.25, -0.2) is 4.79 Å². The van der Waals surface area contributed by atoms with E-state index in [2.05, 4.69) is 5.32 Å². The number of benzene rings is 3. The first-order chi connectivity index (χ1) is 15.5. The zero-order valence-electron chi connectivity index (χ0n) is 17.6. The summed E-state index contributed by atoms with van der Waals surface area (Å²) in [6, 6.07) is 19.4. The number of halogens is 1. The third-order valence-electron chi connectivity index (χ3n) is 4.50. The molecule has 6 nitrogen and oxygen atoms in total. The number of carbonyl (C=O) groups is 2. The van der Waals surface area contributed by atoms with Gasteiger partial charge in [-0.3, -0.25) is 4.79 Å². The third kappa shape index (κ3) is 6.12. The summed E-state index contributed by atoms with van der Waals surface area (Å²) in [4.78, 5) is 24.4. The van der Waals surface area contributed by atoms with Crippen LogP contribution in [0, 0.1) is 0 Å². The fraction of sp³-hybridized carbons (Fsp3) is 0.120. The number of amides is 1. The topological polar surface area (TPSA) is 73.9 Å². The molecule has 0 spiro atoms. The van der Waals surface area contributed by atoms with Crippen LogP contribution in [-0.4, -0.2) is 26.1 Å². The van der Waals surface area contributed by atoms with Gasteiger partial charge in [-0.05, 0) is 53.6 Å². The lowest BCUT2D eigenvalue weighted by Crippen LogP contribution is -2.11. The highest BCUT2D eigenvalue weighted by Crippen LogP contribution is 2.36. The standard InChI is InChI=1S/C25H22ClNO5/c1-30-22-15-18(14-21(26)24(22)31-2)10-13-23(28)32-16-17-8-11-19(12-9-17)25(29)27-20-6-4-3-5-7-20/h3-15H,16H2,1-2H3,(H,27,29)/b13-10+. The Kier molecular flexibility index (Phi) is 7.89. The molecule has 0 radical (unpaired) electrons. The van der Waals surface area contributed by atoms with Gasteiger partial charge in [0, 0.05) is 17.3 Å². The molecule has 0 saturated heterocycles. The number of rotatable bonds is 8. The number of esters is 1. The zero-order valence-corrected chi connectivity index (χ0v) is 18.4. The number of carbonyl (C=O) groups excluding carboxylic acids is 2. The van der Waals surface area contributed by atoms with Crippen molar-refractivity contribution >= 4 is 35.2 Å². The number of hydrogen-bond acceptors (Lipinski definition) is 5. The van der Waals surface area contributed by atoms with Crippen LogP contribution in [0.2, 0.25) is 5.02 Å². The average Bonchev–Trinajstić information content (AvgIpc) is 2.82. The average molecular weight is 452 g/mol. The van der Waals surface area contributed by atoms with E-state index in [9.17, 15) is 9.59 Å². The largest absolute Gasteiger partial charge is 0.493 e. The van der Waals surface area contributed by atoms with Crippen molar-refractivity contribution in [1.29, 1.82) is 0 Å². The summed E-state index contributed by atoms with van der Waals surface area (Å²) in [5.41, 5.74) is 2.66. The van der Waals surface area contributed by atoms with Gasteiger partial charge in [0.1, 0.15) is 6.61 Å². The van der Waals surface area contributed by atoms with E-state index in [1.54, 1.807) is 42.5 Å². The van der Waals surface area contributed by atoms with Gasteiger partial charge in [-0.15, -0.1) is 0 Å². The molecule has 0 aliphatic carbocycles. The number of nitrogens with one attached hydrogen (secondary N) is 1. The highest BCUT2D eigenvalue weighted by molar-refractivity contribution is 6.32. The lowest BCUT2D eigenvalue weighted by Gasteiger charge is -2.10. The van der Waals surface area contributed by atoms with Crippen molar-refractivity contribution in [3.05, 3.63) is 94.5 Å². The monoisotopic (exact) mass is 451 g/mol. The van der Waals surface area contributed by atoms with E-state index < -0.39 is 5.97 Å². The van der Waals surface area contributed by atoms with Gasteiger partial charge in [-0.1, -0.05) is 41.9 Å². The molecule has 3 aromatic rings. The zero-order chi connectivity index (χ0) is 22.9. The highest BCUT2D eigenvalue weighted by Gasteiger charge is 2.10.